The van der Waals surface area contributed by atoms with Gasteiger partial charge >= 0.3 is 0 Å². The van der Waals surface area contributed by atoms with E-state index in [9.17, 15) is 4.79 Å². The molecule has 0 atom stereocenters. The summed E-state index contributed by atoms with van der Waals surface area (Å²) in [5.41, 5.74) is 9.92. The Balaban J connectivity index is 0.000000917. The molecule has 1 aliphatic rings. The topological polar surface area (TPSA) is 109 Å². The number of carboxylic acid groups (broad SMARTS) is 1. The van der Waals surface area contributed by atoms with Crippen molar-refractivity contribution in [3.05, 3.63) is 126 Å². The molecule has 0 unspecified atom stereocenters. The number of aromatic nitrogens is 1. The quantitative estimate of drug-likeness (QED) is 0.433. The zero-order chi connectivity index (χ0) is 24.7. The molecular weight excluding hydrogens is 440 g/mol. The molecule has 174 valence electrons. The molecule has 5 rings (SSSR count). The Morgan fingerprint density at radius 1 is 0.800 bits per heavy atom. The number of hydrogen-bond acceptors (Lipinski definition) is 5. The maximum atomic E-state index is 13.9. The molecule has 0 saturated carbocycles. The van der Waals surface area contributed by atoms with E-state index in [1.165, 1.54) is 0 Å². The van der Waals surface area contributed by atoms with Gasteiger partial charge < -0.3 is 10.8 Å². The molecular formula is C28H24N4O3. The van der Waals surface area contributed by atoms with Gasteiger partial charge in [-0.15, -0.1) is 0 Å². The van der Waals surface area contributed by atoms with E-state index in [1.54, 1.807) is 17.3 Å². The third kappa shape index (κ3) is 4.65. The molecule has 0 radical (unpaired) electrons. The van der Waals surface area contributed by atoms with Gasteiger partial charge in [0.25, 0.3) is 12.4 Å². The first-order chi connectivity index (χ1) is 17.1. The number of hydrogen-bond donors (Lipinski definition) is 2. The molecule has 0 saturated heterocycles. The van der Waals surface area contributed by atoms with Gasteiger partial charge in [0.1, 0.15) is 0 Å². The van der Waals surface area contributed by atoms with Crippen LogP contribution in [0.25, 0.3) is 11.1 Å². The van der Waals surface area contributed by atoms with E-state index < -0.39 is 5.54 Å². The minimum absolute atomic E-state index is 0.148. The Morgan fingerprint density at radius 2 is 1.29 bits per heavy atom. The number of rotatable bonds is 5. The molecule has 1 aliphatic heterocycles. The Morgan fingerprint density at radius 3 is 1.80 bits per heavy atom. The molecule has 3 N–H and O–H groups in total. The first kappa shape index (κ1) is 23.4. The van der Waals surface area contributed by atoms with Crippen LogP contribution in [0.3, 0.4) is 0 Å². The van der Waals surface area contributed by atoms with E-state index in [4.69, 9.17) is 20.6 Å². The summed E-state index contributed by atoms with van der Waals surface area (Å²) in [6, 6.07) is 31.3. The zero-order valence-electron chi connectivity index (χ0n) is 18.9. The van der Waals surface area contributed by atoms with Gasteiger partial charge in [-0.2, -0.15) is 0 Å². The molecule has 0 aliphatic carbocycles. The van der Waals surface area contributed by atoms with Crippen molar-refractivity contribution in [1.29, 1.82) is 0 Å². The third-order valence-electron chi connectivity index (χ3n) is 5.80. The lowest BCUT2D eigenvalue weighted by Gasteiger charge is -2.27. The van der Waals surface area contributed by atoms with E-state index in [1.807, 2.05) is 97.1 Å². The van der Waals surface area contributed by atoms with Crippen LogP contribution in [-0.2, 0) is 21.7 Å². The van der Waals surface area contributed by atoms with E-state index in [2.05, 4.69) is 4.98 Å². The summed E-state index contributed by atoms with van der Waals surface area (Å²) in [5.74, 6) is 0.0755. The predicted molar refractivity (Wildman–Crippen MR) is 134 cm³/mol. The van der Waals surface area contributed by atoms with E-state index in [-0.39, 0.29) is 18.3 Å². The first-order valence-corrected chi connectivity index (χ1v) is 11.0. The number of carbonyl (C=O) groups excluding carboxylic acids is 1. The second kappa shape index (κ2) is 10.4. The number of aliphatic imine (C=N–C) groups is 1. The number of nitrogens with zero attached hydrogens (tertiary/aromatic N) is 3. The largest absolute Gasteiger partial charge is 0.483 e. The maximum absolute atomic E-state index is 13.9. The number of nitrogens with two attached hydrogens (primary N) is 1. The monoisotopic (exact) mass is 464 g/mol. The average Bonchev–Trinajstić information content (AvgIpc) is 3.17. The van der Waals surface area contributed by atoms with Gasteiger partial charge in [-0.05, 0) is 39.9 Å². The van der Waals surface area contributed by atoms with Crippen LogP contribution >= 0.6 is 0 Å². The van der Waals surface area contributed by atoms with Gasteiger partial charge in [-0.1, -0.05) is 84.9 Å². The standard InChI is InChI=1S/C27H22N4O.CH2O2/c28-26-30-27(23-7-3-1-4-8-23,24-9-5-2-6-10-24)25(32)31(26)19-20-11-13-21(14-12-20)22-15-17-29-18-16-22;2-1-3/h1-18H,19H2,(H2,28,30);1H,(H,2,3). The van der Waals surface area contributed by atoms with Crippen LogP contribution in [0.5, 0.6) is 0 Å². The SMILES string of the molecule is NC1=NC(c2ccccc2)(c2ccccc2)C(=O)N1Cc1ccc(-c2ccncc2)cc1.O=CO. The number of benzene rings is 3. The summed E-state index contributed by atoms with van der Waals surface area (Å²) in [5, 5.41) is 6.89. The number of guanidine groups is 1. The van der Waals surface area contributed by atoms with Crippen molar-refractivity contribution in [2.75, 3.05) is 0 Å². The second-order valence-electron chi connectivity index (χ2n) is 7.84. The molecule has 7 nitrogen and oxygen atoms in total. The summed E-state index contributed by atoms with van der Waals surface area (Å²) in [6.45, 7) is 0.103. The van der Waals surface area contributed by atoms with Gasteiger partial charge in [-0.25, -0.2) is 4.99 Å². The van der Waals surface area contributed by atoms with Gasteiger partial charge in [0.15, 0.2) is 11.5 Å². The van der Waals surface area contributed by atoms with Crippen molar-refractivity contribution in [1.82, 2.24) is 9.88 Å². The Hall–Kier alpha value is -4.78. The highest BCUT2D eigenvalue weighted by atomic mass is 16.3. The van der Waals surface area contributed by atoms with Gasteiger partial charge in [0.05, 0.1) is 6.54 Å². The van der Waals surface area contributed by atoms with Crippen molar-refractivity contribution < 1.29 is 14.7 Å². The van der Waals surface area contributed by atoms with Crippen LogP contribution in [0.4, 0.5) is 0 Å². The molecule has 0 bridgehead atoms. The molecule has 4 aromatic rings. The van der Waals surface area contributed by atoms with Gasteiger partial charge in [0, 0.05) is 12.4 Å². The normalized spacial score (nSPS) is 14.0. The lowest BCUT2D eigenvalue weighted by molar-refractivity contribution is -0.130. The van der Waals surface area contributed by atoms with Crippen LogP contribution in [0.2, 0.25) is 0 Å². The Bertz CT molecular complexity index is 1270. The van der Waals surface area contributed by atoms with E-state index >= 15 is 0 Å². The number of pyridine rings is 1. The maximum Gasteiger partial charge on any atom is 0.290 e. The van der Waals surface area contributed by atoms with Crippen LogP contribution < -0.4 is 5.73 Å². The van der Waals surface area contributed by atoms with Crippen molar-refractivity contribution in [2.45, 2.75) is 12.1 Å². The van der Waals surface area contributed by atoms with E-state index in [0.717, 1.165) is 27.8 Å². The van der Waals surface area contributed by atoms with Crippen molar-refractivity contribution >= 4 is 18.3 Å². The molecule has 2 heterocycles. The van der Waals surface area contributed by atoms with Crippen LogP contribution in [0, 0.1) is 0 Å². The molecule has 0 fully saturated rings. The summed E-state index contributed by atoms with van der Waals surface area (Å²) < 4.78 is 0. The van der Waals surface area contributed by atoms with Crippen LogP contribution in [0.15, 0.2) is 114 Å². The molecule has 35 heavy (non-hydrogen) atoms. The Labute approximate surface area is 203 Å². The van der Waals surface area contributed by atoms with Crippen LogP contribution in [0.1, 0.15) is 16.7 Å². The second-order valence-corrected chi connectivity index (χ2v) is 7.84. The Kier molecular flexibility index (Phi) is 6.97. The first-order valence-electron chi connectivity index (χ1n) is 11.0. The lowest BCUT2D eigenvalue weighted by Crippen LogP contribution is -2.43. The van der Waals surface area contributed by atoms with Crippen molar-refractivity contribution in [3.8, 4) is 11.1 Å². The molecule has 1 amide bonds. The number of amides is 1. The highest BCUT2D eigenvalue weighted by molar-refractivity contribution is 6.09. The average molecular weight is 465 g/mol. The minimum atomic E-state index is -1.18. The molecule has 1 aromatic heterocycles. The number of carbonyl (C=O) groups is 2. The fourth-order valence-corrected chi connectivity index (χ4v) is 4.16. The highest BCUT2D eigenvalue weighted by Gasteiger charge is 2.50. The fraction of sp³-hybridized carbons (Fsp3) is 0.0714. The van der Waals surface area contributed by atoms with Gasteiger partial charge in [-0.3, -0.25) is 19.5 Å². The summed E-state index contributed by atoms with van der Waals surface area (Å²) >= 11 is 0. The van der Waals surface area contributed by atoms with Crippen LogP contribution in [-0.4, -0.2) is 33.3 Å². The van der Waals surface area contributed by atoms with E-state index in [0.29, 0.717) is 6.54 Å². The fourth-order valence-electron chi connectivity index (χ4n) is 4.16. The summed E-state index contributed by atoms with van der Waals surface area (Å²) in [6.07, 6.45) is 3.55. The highest BCUT2D eigenvalue weighted by Crippen LogP contribution is 2.40. The van der Waals surface area contributed by atoms with Crippen molar-refractivity contribution in [3.63, 3.8) is 0 Å². The van der Waals surface area contributed by atoms with Gasteiger partial charge in [0.2, 0.25) is 0 Å². The molecule has 7 heteroatoms. The lowest BCUT2D eigenvalue weighted by atomic mass is 9.83. The molecule has 3 aromatic carbocycles. The zero-order valence-corrected chi connectivity index (χ0v) is 18.9. The summed E-state index contributed by atoms with van der Waals surface area (Å²) in [4.78, 5) is 32.6. The van der Waals surface area contributed by atoms with Crippen molar-refractivity contribution in [2.24, 2.45) is 10.7 Å². The minimum Gasteiger partial charge on any atom is -0.483 e. The smallest absolute Gasteiger partial charge is 0.290 e. The predicted octanol–water partition coefficient (Wildman–Crippen LogP) is 4.05. The summed E-state index contributed by atoms with van der Waals surface area (Å²) in [7, 11) is 0. The third-order valence-corrected chi connectivity index (χ3v) is 5.80. The molecule has 0 spiro atoms.